The summed E-state index contributed by atoms with van der Waals surface area (Å²) in [5.41, 5.74) is 7.96. The van der Waals surface area contributed by atoms with Crippen molar-refractivity contribution in [3.05, 3.63) is 48.3 Å². The molecule has 1 aromatic carbocycles. The summed E-state index contributed by atoms with van der Waals surface area (Å²) < 4.78 is 5.40. The highest BCUT2D eigenvalue weighted by atomic mass is 16.5. The van der Waals surface area contributed by atoms with Crippen molar-refractivity contribution in [2.75, 3.05) is 56.7 Å². The summed E-state index contributed by atoms with van der Waals surface area (Å²) in [6.45, 7) is 5.73. The highest BCUT2D eigenvalue weighted by Crippen LogP contribution is 2.45. The standard InChI is InChI=1S/C26H38N6O2/c1-25(9-11-26(12-10-25,30(2)3)17-21-7-5-4-6-8-21)20-32(23(27)33)22-18-28-24(29-19-22)31-13-15-34-16-14-31/h4-8,18-19H,9-17,20H2,1-3H3,(H2,27,33). The van der Waals surface area contributed by atoms with E-state index in [1.807, 2.05) is 0 Å². The van der Waals surface area contributed by atoms with Crippen molar-refractivity contribution in [1.29, 1.82) is 0 Å². The normalized spacial score (nSPS) is 25.4. The van der Waals surface area contributed by atoms with E-state index in [9.17, 15) is 4.79 Å². The van der Waals surface area contributed by atoms with Gasteiger partial charge in [-0.15, -0.1) is 0 Å². The smallest absolute Gasteiger partial charge is 0.319 e. The van der Waals surface area contributed by atoms with Gasteiger partial charge in [0.05, 0.1) is 31.3 Å². The molecule has 0 bridgehead atoms. The molecule has 2 heterocycles. The highest BCUT2D eigenvalue weighted by molar-refractivity contribution is 5.90. The van der Waals surface area contributed by atoms with Gasteiger partial charge < -0.3 is 20.3 Å². The maximum absolute atomic E-state index is 12.4. The molecule has 2 aromatic rings. The number of carbonyl (C=O) groups excluding carboxylic acids is 1. The molecule has 1 aliphatic carbocycles. The molecule has 0 spiro atoms. The predicted molar refractivity (Wildman–Crippen MR) is 135 cm³/mol. The number of likely N-dealkylation sites (N-methyl/N-ethyl adjacent to an activating group) is 1. The lowest BCUT2D eigenvalue weighted by Crippen LogP contribution is -2.53. The number of primary amides is 1. The van der Waals surface area contributed by atoms with Crippen LogP contribution in [-0.2, 0) is 11.2 Å². The van der Waals surface area contributed by atoms with Crippen LogP contribution in [0.5, 0.6) is 0 Å². The van der Waals surface area contributed by atoms with E-state index in [1.165, 1.54) is 5.56 Å². The van der Waals surface area contributed by atoms with Crippen molar-refractivity contribution >= 4 is 17.7 Å². The number of nitrogens with two attached hydrogens (primary N) is 1. The second-order valence-electron chi connectivity index (χ2n) is 10.4. The molecule has 184 valence electrons. The summed E-state index contributed by atoms with van der Waals surface area (Å²) >= 11 is 0. The number of urea groups is 1. The Bertz CT molecular complexity index is 936. The quantitative estimate of drug-likeness (QED) is 0.674. The molecule has 2 N–H and O–H groups in total. The summed E-state index contributed by atoms with van der Waals surface area (Å²) in [5, 5.41) is 0. The molecular weight excluding hydrogens is 428 g/mol. The first-order valence-electron chi connectivity index (χ1n) is 12.2. The fraction of sp³-hybridized carbons (Fsp3) is 0.577. The van der Waals surface area contributed by atoms with Crippen LogP contribution >= 0.6 is 0 Å². The van der Waals surface area contributed by atoms with Crippen LogP contribution in [0.25, 0.3) is 0 Å². The van der Waals surface area contributed by atoms with Crippen LogP contribution in [0, 0.1) is 5.41 Å². The zero-order valence-electron chi connectivity index (χ0n) is 20.7. The second-order valence-corrected chi connectivity index (χ2v) is 10.4. The lowest BCUT2D eigenvalue weighted by molar-refractivity contribution is 0.0485. The fourth-order valence-electron chi connectivity index (χ4n) is 5.29. The summed E-state index contributed by atoms with van der Waals surface area (Å²) in [5.74, 6) is 0.664. The third-order valence-corrected chi connectivity index (χ3v) is 7.75. The Morgan fingerprint density at radius 1 is 1.06 bits per heavy atom. The first-order chi connectivity index (χ1) is 16.3. The molecule has 2 fully saturated rings. The molecular formula is C26H38N6O2. The van der Waals surface area contributed by atoms with Crippen LogP contribution in [-0.4, -0.2) is 73.4 Å². The van der Waals surface area contributed by atoms with Crippen molar-refractivity contribution in [2.45, 2.75) is 44.6 Å². The van der Waals surface area contributed by atoms with Gasteiger partial charge >= 0.3 is 6.03 Å². The van der Waals surface area contributed by atoms with E-state index in [-0.39, 0.29) is 11.0 Å². The maximum atomic E-state index is 12.4. The Hall–Kier alpha value is -2.71. The van der Waals surface area contributed by atoms with Gasteiger partial charge in [-0.05, 0) is 57.2 Å². The third-order valence-electron chi connectivity index (χ3n) is 7.75. The molecule has 0 radical (unpaired) electrons. The number of rotatable bonds is 7. The number of hydrogen-bond acceptors (Lipinski definition) is 6. The Labute approximate surface area is 203 Å². The van der Waals surface area contributed by atoms with Crippen molar-refractivity contribution in [1.82, 2.24) is 14.9 Å². The van der Waals surface area contributed by atoms with Gasteiger partial charge in [0.25, 0.3) is 0 Å². The minimum atomic E-state index is -0.460. The predicted octanol–water partition coefficient (Wildman–Crippen LogP) is 3.32. The van der Waals surface area contributed by atoms with Crippen LogP contribution in [0.2, 0.25) is 0 Å². The topological polar surface area (TPSA) is 87.8 Å². The first-order valence-corrected chi connectivity index (χ1v) is 12.2. The number of carbonyl (C=O) groups is 1. The minimum Gasteiger partial charge on any atom is -0.378 e. The fourth-order valence-corrected chi connectivity index (χ4v) is 5.29. The van der Waals surface area contributed by atoms with Gasteiger partial charge in [0.15, 0.2) is 0 Å². The van der Waals surface area contributed by atoms with Crippen LogP contribution in [0.15, 0.2) is 42.7 Å². The average Bonchev–Trinajstić information content (AvgIpc) is 2.85. The monoisotopic (exact) mass is 466 g/mol. The Morgan fingerprint density at radius 3 is 2.24 bits per heavy atom. The minimum absolute atomic E-state index is 0.0197. The number of nitrogens with zero attached hydrogens (tertiary/aromatic N) is 5. The van der Waals surface area contributed by atoms with Crippen LogP contribution < -0.4 is 15.5 Å². The summed E-state index contributed by atoms with van der Waals surface area (Å²) in [6, 6.07) is 10.3. The second kappa shape index (κ2) is 10.3. The molecule has 2 aliphatic rings. The number of amides is 2. The van der Waals surface area contributed by atoms with Crippen LogP contribution in [0.3, 0.4) is 0 Å². The lowest BCUT2D eigenvalue weighted by Gasteiger charge is -2.49. The van der Waals surface area contributed by atoms with Crippen molar-refractivity contribution in [3.63, 3.8) is 0 Å². The number of hydrogen-bond donors (Lipinski definition) is 1. The van der Waals surface area contributed by atoms with E-state index in [4.69, 9.17) is 10.5 Å². The van der Waals surface area contributed by atoms with E-state index in [0.29, 0.717) is 31.4 Å². The summed E-state index contributed by atoms with van der Waals surface area (Å²) in [7, 11) is 4.38. The van der Waals surface area contributed by atoms with Crippen molar-refractivity contribution < 1.29 is 9.53 Å². The van der Waals surface area contributed by atoms with Gasteiger partial charge in [-0.25, -0.2) is 14.8 Å². The van der Waals surface area contributed by atoms with Gasteiger partial charge in [0.2, 0.25) is 5.95 Å². The highest BCUT2D eigenvalue weighted by Gasteiger charge is 2.43. The molecule has 4 rings (SSSR count). The van der Waals surface area contributed by atoms with Gasteiger partial charge in [-0.1, -0.05) is 37.3 Å². The molecule has 1 saturated carbocycles. The van der Waals surface area contributed by atoms with E-state index in [2.05, 4.69) is 71.1 Å². The van der Waals surface area contributed by atoms with Crippen molar-refractivity contribution in [2.24, 2.45) is 11.1 Å². The molecule has 1 aliphatic heterocycles. The number of aromatic nitrogens is 2. The Morgan fingerprint density at radius 2 is 1.68 bits per heavy atom. The van der Waals surface area contributed by atoms with Crippen LogP contribution in [0.4, 0.5) is 16.4 Å². The lowest BCUT2D eigenvalue weighted by atomic mass is 9.66. The maximum Gasteiger partial charge on any atom is 0.319 e. The SMILES string of the molecule is CN(C)C1(Cc2ccccc2)CCC(C)(CN(C(N)=O)c2cnc(N3CCOCC3)nc2)CC1. The van der Waals surface area contributed by atoms with Crippen molar-refractivity contribution in [3.8, 4) is 0 Å². The Kier molecular flexibility index (Phi) is 7.38. The summed E-state index contributed by atoms with van der Waals surface area (Å²) in [6.07, 6.45) is 8.66. The molecule has 2 amide bonds. The van der Waals surface area contributed by atoms with E-state index in [0.717, 1.165) is 45.2 Å². The largest absolute Gasteiger partial charge is 0.378 e. The van der Waals surface area contributed by atoms with E-state index >= 15 is 0 Å². The van der Waals surface area contributed by atoms with Gasteiger partial charge in [-0.3, -0.25) is 4.90 Å². The van der Waals surface area contributed by atoms with E-state index < -0.39 is 6.03 Å². The zero-order valence-corrected chi connectivity index (χ0v) is 20.7. The molecule has 34 heavy (non-hydrogen) atoms. The molecule has 8 heteroatoms. The third kappa shape index (κ3) is 5.50. The molecule has 1 saturated heterocycles. The number of ether oxygens (including phenoxy) is 1. The Balaban J connectivity index is 1.44. The van der Waals surface area contributed by atoms with Gasteiger partial charge in [0.1, 0.15) is 0 Å². The first kappa shape index (κ1) is 24.4. The molecule has 0 atom stereocenters. The van der Waals surface area contributed by atoms with Gasteiger partial charge in [0, 0.05) is 25.2 Å². The zero-order chi connectivity index (χ0) is 24.2. The molecule has 1 aromatic heterocycles. The summed E-state index contributed by atoms with van der Waals surface area (Å²) in [4.78, 5) is 27.6. The molecule has 0 unspecified atom stereocenters. The molecule has 8 nitrogen and oxygen atoms in total. The number of benzene rings is 1. The number of morpholine rings is 1. The average molecular weight is 467 g/mol. The van der Waals surface area contributed by atoms with E-state index in [1.54, 1.807) is 17.3 Å². The van der Waals surface area contributed by atoms with Crippen LogP contribution in [0.1, 0.15) is 38.2 Å². The van der Waals surface area contributed by atoms with Gasteiger partial charge in [-0.2, -0.15) is 0 Å². The number of anilines is 2.